The molecule has 170 valence electrons. The fourth-order valence-corrected chi connectivity index (χ4v) is 4.61. The summed E-state index contributed by atoms with van der Waals surface area (Å²) in [7, 11) is 0. The maximum Gasteiger partial charge on any atom is 0.295 e. The zero-order chi connectivity index (χ0) is 23.7. The highest BCUT2D eigenvalue weighted by Gasteiger charge is 2.38. The van der Waals surface area contributed by atoms with E-state index in [-0.39, 0.29) is 11.7 Å². The van der Waals surface area contributed by atoms with Crippen LogP contribution in [0.1, 0.15) is 52.8 Å². The maximum absolute atomic E-state index is 13.3. The van der Waals surface area contributed by atoms with E-state index in [1.54, 1.807) is 24.3 Å². The molecule has 10 nitrogen and oxygen atoms in total. The first kappa shape index (κ1) is 22.5. The summed E-state index contributed by atoms with van der Waals surface area (Å²) in [5.41, 5.74) is -0.471. The van der Waals surface area contributed by atoms with Crippen LogP contribution in [0.2, 0.25) is 5.02 Å². The summed E-state index contributed by atoms with van der Waals surface area (Å²) in [5.74, 6) is -1.28. The van der Waals surface area contributed by atoms with Gasteiger partial charge in [-0.1, -0.05) is 43.0 Å². The normalized spacial score (nSPS) is 18.3. The van der Waals surface area contributed by atoms with Gasteiger partial charge in [0.25, 0.3) is 17.3 Å². The molecule has 1 fully saturated rings. The molecule has 0 aromatic heterocycles. The molecule has 1 saturated carbocycles. The minimum atomic E-state index is -1.09. The predicted molar refractivity (Wildman–Crippen MR) is 120 cm³/mol. The lowest BCUT2D eigenvalue weighted by atomic mass is 9.80. The average molecular weight is 471 g/mol. The highest BCUT2D eigenvalue weighted by Crippen LogP contribution is 2.35. The summed E-state index contributed by atoms with van der Waals surface area (Å²) >= 11 is 6.06. The van der Waals surface area contributed by atoms with Crippen LogP contribution in [0.5, 0.6) is 0 Å². The summed E-state index contributed by atoms with van der Waals surface area (Å²) in [6, 6.07) is 7.27. The largest absolute Gasteiger partial charge is 0.337 e. The number of nitrogens with one attached hydrogen (secondary N) is 1. The molecule has 2 aromatic rings. The number of nitrogens with zero attached hydrogens (tertiary/aromatic N) is 3. The van der Waals surface area contributed by atoms with Gasteiger partial charge in [-0.3, -0.25) is 34.8 Å². The molecule has 2 aliphatic rings. The number of benzene rings is 2. The molecule has 4 rings (SSSR count). The molecule has 0 saturated heterocycles. The number of hydrogen-bond acceptors (Lipinski definition) is 7. The minimum absolute atomic E-state index is 0.00345. The van der Waals surface area contributed by atoms with Gasteiger partial charge in [-0.2, -0.15) is 0 Å². The summed E-state index contributed by atoms with van der Waals surface area (Å²) in [5, 5.41) is 24.6. The van der Waals surface area contributed by atoms with Crippen LogP contribution < -0.4 is 5.32 Å². The number of nitro groups is 2. The lowest BCUT2D eigenvalue weighted by Crippen LogP contribution is -2.50. The first-order valence-electron chi connectivity index (χ1n) is 10.4. The van der Waals surface area contributed by atoms with Crippen LogP contribution in [-0.4, -0.2) is 33.3 Å². The van der Waals surface area contributed by atoms with Crippen molar-refractivity contribution in [1.82, 2.24) is 5.32 Å². The summed E-state index contributed by atoms with van der Waals surface area (Å²) in [4.78, 5) is 51.9. The zero-order valence-corrected chi connectivity index (χ0v) is 18.1. The van der Waals surface area contributed by atoms with Gasteiger partial charge in [-0.15, -0.1) is 0 Å². The Bertz CT molecular complexity index is 1210. The van der Waals surface area contributed by atoms with Crippen molar-refractivity contribution >= 4 is 46.1 Å². The van der Waals surface area contributed by atoms with Gasteiger partial charge in [0.1, 0.15) is 11.1 Å². The van der Waals surface area contributed by atoms with Gasteiger partial charge in [-0.05, 0) is 30.9 Å². The van der Waals surface area contributed by atoms with E-state index >= 15 is 0 Å². The molecule has 1 atom stereocenters. The number of carbonyl (C=O) groups excluding carboxylic acids is 2. The molecular formula is C22H19ClN4O6. The Morgan fingerprint density at radius 3 is 2.42 bits per heavy atom. The van der Waals surface area contributed by atoms with Crippen LogP contribution in [0.25, 0.3) is 0 Å². The van der Waals surface area contributed by atoms with Crippen LogP contribution in [0.3, 0.4) is 0 Å². The van der Waals surface area contributed by atoms with Gasteiger partial charge >= 0.3 is 0 Å². The fraction of sp³-hybridized carbons (Fsp3) is 0.318. The zero-order valence-electron chi connectivity index (χ0n) is 17.3. The van der Waals surface area contributed by atoms with Crippen molar-refractivity contribution in [1.29, 1.82) is 0 Å². The number of hydrogen-bond donors (Lipinski definition) is 1. The SMILES string of the molecule is O=C(NC1C(=O)c2ccccc2N=C1C1CCCCC1)c1cc([N+](=O)[O-])cc([N+](=O)[O-])c1Cl. The number of ketones is 1. The van der Waals surface area contributed by atoms with Gasteiger partial charge in [-0.25, -0.2) is 0 Å². The Labute approximate surface area is 193 Å². The second kappa shape index (κ2) is 9.07. The molecule has 1 aliphatic carbocycles. The number of para-hydroxylation sites is 1. The molecule has 1 unspecified atom stereocenters. The highest BCUT2D eigenvalue weighted by molar-refractivity contribution is 6.36. The van der Waals surface area contributed by atoms with E-state index in [4.69, 9.17) is 16.6 Å². The van der Waals surface area contributed by atoms with Gasteiger partial charge in [0.15, 0.2) is 5.78 Å². The van der Waals surface area contributed by atoms with E-state index < -0.39 is 43.8 Å². The number of Topliss-reactive ketones (excluding diaryl/α,β-unsaturated/α-hetero) is 1. The van der Waals surface area contributed by atoms with Gasteiger partial charge in [0, 0.05) is 11.6 Å². The number of halogens is 1. The van der Waals surface area contributed by atoms with E-state index in [0.29, 0.717) is 23.0 Å². The molecule has 0 spiro atoms. The first-order valence-corrected chi connectivity index (χ1v) is 10.8. The Balaban J connectivity index is 1.74. The molecule has 1 heterocycles. The number of amides is 1. The van der Waals surface area contributed by atoms with Crippen LogP contribution >= 0.6 is 11.6 Å². The smallest absolute Gasteiger partial charge is 0.295 e. The number of fused-ring (bicyclic) bond motifs is 1. The van der Waals surface area contributed by atoms with E-state index in [2.05, 4.69) is 5.32 Å². The Kier molecular flexibility index (Phi) is 6.19. The van der Waals surface area contributed by atoms with Crippen molar-refractivity contribution < 1.29 is 19.4 Å². The third kappa shape index (κ3) is 4.34. The van der Waals surface area contributed by atoms with Crippen LogP contribution in [0, 0.1) is 26.1 Å². The van der Waals surface area contributed by atoms with E-state index in [1.807, 2.05) is 0 Å². The van der Waals surface area contributed by atoms with E-state index in [9.17, 15) is 29.8 Å². The summed E-state index contributed by atoms with van der Waals surface area (Å²) in [6.07, 6.45) is 4.68. The number of aliphatic imine (C=N–C) groups is 1. The Morgan fingerprint density at radius 2 is 1.76 bits per heavy atom. The number of rotatable bonds is 5. The molecule has 11 heteroatoms. The van der Waals surface area contributed by atoms with Gasteiger partial charge in [0.05, 0.1) is 32.9 Å². The molecule has 0 bridgehead atoms. The highest BCUT2D eigenvalue weighted by atomic mass is 35.5. The summed E-state index contributed by atoms with van der Waals surface area (Å²) in [6.45, 7) is 0. The first-order chi connectivity index (χ1) is 15.8. The topological polar surface area (TPSA) is 145 Å². The van der Waals surface area contributed by atoms with E-state index in [0.717, 1.165) is 38.2 Å². The average Bonchev–Trinajstić information content (AvgIpc) is 2.81. The van der Waals surface area contributed by atoms with Gasteiger partial charge < -0.3 is 5.32 Å². The van der Waals surface area contributed by atoms with Crippen LogP contribution in [0.4, 0.5) is 17.1 Å². The number of non-ortho nitro benzene ring substituents is 1. The van der Waals surface area contributed by atoms with Crippen LogP contribution in [-0.2, 0) is 0 Å². The van der Waals surface area contributed by atoms with Crippen molar-refractivity contribution in [2.75, 3.05) is 0 Å². The molecular weight excluding hydrogens is 452 g/mol. The second-order valence-corrected chi connectivity index (χ2v) is 8.38. The number of carbonyl (C=O) groups is 2. The third-order valence-electron chi connectivity index (χ3n) is 5.97. The molecule has 1 N–H and O–H groups in total. The number of nitro benzene ring substituents is 2. The van der Waals surface area contributed by atoms with Gasteiger partial charge in [0.2, 0.25) is 0 Å². The van der Waals surface area contributed by atoms with Crippen molar-refractivity contribution in [3.8, 4) is 0 Å². The van der Waals surface area contributed by atoms with Crippen LogP contribution in [0.15, 0.2) is 41.4 Å². The lowest BCUT2D eigenvalue weighted by molar-refractivity contribution is -0.394. The van der Waals surface area contributed by atoms with Crippen molar-refractivity contribution in [2.24, 2.45) is 10.9 Å². The standard InChI is InChI=1S/C22H19ClN4O6/c23-18-15(10-13(26(30)31)11-17(18)27(32)33)22(29)25-20-19(12-6-2-1-3-7-12)24-16-9-5-4-8-14(16)21(20)28/h4-5,8-12,20H,1-3,6-7H2,(H,25,29). The lowest BCUT2D eigenvalue weighted by Gasteiger charge is -2.31. The second-order valence-electron chi connectivity index (χ2n) is 8.00. The molecule has 2 aromatic carbocycles. The minimum Gasteiger partial charge on any atom is -0.337 e. The van der Waals surface area contributed by atoms with E-state index in [1.165, 1.54) is 0 Å². The predicted octanol–water partition coefficient (Wildman–Crippen LogP) is 4.80. The molecule has 1 amide bonds. The quantitative estimate of drug-likeness (QED) is 0.490. The van der Waals surface area contributed by atoms with Crippen molar-refractivity contribution in [2.45, 2.75) is 38.1 Å². The summed E-state index contributed by atoms with van der Waals surface area (Å²) < 4.78 is 0. The van der Waals surface area contributed by atoms with Crippen molar-refractivity contribution in [3.63, 3.8) is 0 Å². The van der Waals surface area contributed by atoms with Crippen molar-refractivity contribution in [3.05, 3.63) is 72.8 Å². The monoisotopic (exact) mass is 470 g/mol. The molecule has 0 radical (unpaired) electrons. The molecule has 1 aliphatic heterocycles. The Hall–Kier alpha value is -3.66. The third-order valence-corrected chi connectivity index (χ3v) is 6.36. The molecule has 33 heavy (non-hydrogen) atoms. The Morgan fingerprint density at radius 1 is 1.06 bits per heavy atom. The maximum atomic E-state index is 13.3. The fourth-order valence-electron chi connectivity index (χ4n) is 4.34.